The summed E-state index contributed by atoms with van der Waals surface area (Å²) in [6.45, 7) is 1.64. The van der Waals surface area contributed by atoms with Gasteiger partial charge < -0.3 is 23.7 Å². The third kappa shape index (κ3) is 6.89. The second-order valence-corrected chi connectivity index (χ2v) is 7.80. The molecule has 3 aromatic rings. The molecule has 0 aliphatic carbocycles. The van der Waals surface area contributed by atoms with Gasteiger partial charge in [0.25, 0.3) is 5.91 Å². The molecule has 188 valence electrons. The fraction of sp³-hybridized carbons (Fsp3) is 0.192. The first kappa shape index (κ1) is 26.4. The topological polar surface area (TPSA) is 105 Å². The van der Waals surface area contributed by atoms with Gasteiger partial charge in [0.05, 0.1) is 33.1 Å². The van der Waals surface area contributed by atoms with Crippen LogP contribution in [-0.2, 0) is 4.79 Å². The van der Waals surface area contributed by atoms with Crippen molar-refractivity contribution in [1.29, 1.82) is 0 Å². The van der Waals surface area contributed by atoms with Crippen LogP contribution in [0, 0.1) is 6.92 Å². The van der Waals surface area contributed by atoms with E-state index >= 15 is 0 Å². The van der Waals surface area contributed by atoms with Crippen LogP contribution < -0.4 is 29.1 Å². The molecule has 0 aliphatic heterocycles. The van der Waals surface area contributed by atoms with Crippen LogP contribution in [0.4, 0.5) is 0 Å². The highest BCUT2D eigenvalue weighted by Crippen LogP contribution is 2.38. The number of nitrogens with one attached hydrogen (secondary N) is 1. The van der Waals surface area contributed by atoms with Crippen molar-refractivity contribution in [1.82, 2.24) is 5.43 Å². The van der Waals surface area contributed by atoms with Crippen molar-refractivity contribution in [2.24, 2.45) is 5.10 Å². The quantitative estimate of drug-likeness (QED) is 0.185. The Kier molecular flexibility index (Phi) is 9.13. The third-order valence-corrected chi connectivity index (χ3v) is 5.12. The molecule has 10 heteroatoms. The molecule has 0 fully saturated rings. The molecule has 0 saturated carbocycles. The Hall–Kier alpha value is -4.24. The summed E-state index contributed by atoms with van der Waals surface area (Å²) in [5, 5.41) is 4.50. The van der Waals surface area contributed by atoms with Crippen molar-refractivity contribution >= 4 is 29.7 Å². The Morgan fingerprint density at radius 3 is 2.17 bits per heavy atom. The number of nitrogens with zero attached hydrogens (tertiary/aromatic N) is 1. The van der Waals surface area contributed by atoms with Gasteiger partial charge in [-0.25, -0.2) is 10.2 Å². The van der Waals surface area contributed by atoms with Gasteiger partial charge in [-0.2, -0.15) is 5.10 Å². The van der Waals surface area contributed by atoms with Gasteiger partial charge in [-0.15, -0.1) is 0 Å². The first-order valence-electron chi connectivity index (χ1n) is 10.7. The first-order valence-corrected chi connectivity index (χ1v) is 11.1. The minimum Gasteiger partial charge on any atom is -0.493 e. The third-order valence-electron chi connectivity index (χ3n) is 4.89. The standard InChI is InChI=1S/C26H25ClN2O7/c1-16-11-19(27)7-10-21(16)35-15-24(30)29-28-14-17-5-8-20(9-6-17)36-26(31)18-12-22(32-2)25(34-4)23(13-18)33-3/h5-14H,15H2,1-4H3,(H,29,30)/b28-14+. The summed E-state index contributed by atoms with van der Waals surface area (Å²) in [5.74, 6) is 0.920. The van der Waals surface area contributed by atoms with Crippen LogP contribution in [0.25, 0.3) is 0 Å². The molecular formula is C26H25ClN2O7. The number of carbonyl (C=O) groups excluding carboxylic acids is 2. The molecule has 0 aliphatic rings. The van der Waals surface area contributed by atoms with Crippen molar-refractivity contribution in [3.05, 3.63) is 76.3 Å². The molecule has 0 unspecified atom stereocenters. The number of rotatable bonds is 10. The maximum Gasteiger partial charge on any atom is 0.343 e. The molecule has 36 heavy (non-hydrogen) atoms. The van der Waals surface area contributed by atoms with E-state index in [0.717, 1.165) is 5.56 Å². The zero-order valence-electron chi connectivity index (χ0n) is 20.2. The van der Waals surface area contributed by atoms with E-state index in [1.165, 1.54) is 39.7 Å². The monoisotopic (exact) mass is 512 g/mol. The van der Waals surface area contributed by atoms with Crippen LogP contribution in [0.3, 0.4) is 0 Å². The zero-order valence-corrected chi connectivity index (χ0v) is 20.9. The molecule has 3 rings (SSSR count). The lowest BCUT2D eigenvalue weighted by atomic mass is 10.2. The molecule has 0 bridgehead atoms. The molecule has 0 saturated heterocycles. The summed E-state index contributed by atoms with van der Waals surface area (Å²) in [5.41, 5.74) is 4.12. The number of ether oxygens (including phenoxy) is 5. The van der Waals surface area contributed by atoms with Gasteiger partial charge in [-0.3, -0.25) is 4.79 Å². The fourth-order valence-corrected chi connectivity index (χ4v) is 3.34. The number of benzene rings is 3. The Bertz CT molecular complexity index is 1230. The molecule has 1 N–H and O–H groups in total. The predicted molar refractivity (Wildman–Crippen MR) is 135 cm³/mol. The average Bonchev–Trinajstić information content (AvgIpc) is 2.88. The van der Waals surface area contributed by atoms with E-state index in [2.05, 4.69) is 10.5 Å². The number of methoxy groups -OCH3 is 3. The van der Waals surface area contributed by atoms with Crippen molar-refractivity contribution in [3.63, 3.8) is 0 Å². The summed E-state index contributed by atoms with van der Waals surface area (Å²) in [6, 6.07) is 14.7. The highest BCUT2D eigenvalue weighted by Gasteiger charge is 2.18. The number of halogens is 1. The van der Waals surface area contributed by atoms with E-state index < -0.39 is 11.9 Å². The van der Waals surface area contributed by atoms with E-state index in [4.69, 9.17) is 35.3 Å². The van der Waals surface area contributed by atoms with Gasteiger partial charge in [0.15, 0.2) is 18.1 Å². The van der Waals surface area contributed by atoms with Gasteiger partial charge >= 0.3 is 5.97 Å². The summed E-state index contributed by atoms with van der Waals surface area (Å²) in [7, 11) is 4.40. The van der Waals surface area contributed by atoms with E-state index in [9.17, 15) is 9.59 Å². The van der Waals surface area contributed by atoms with Crippen LogP contribution >= 0.6 is 11.6 Å². The summed E-state index contributed by atoms with van der Waals surface area (Å²) < 4.78 is 26.7. The number of hydrogen-bond donors (Lipinski definition) is 1. The van der Waals surface area contributed by atoms with E-state index in [0.29, 0.717) is 39.3 Å². The minimum absolute atomic E-state index is 0.199. The molecule has 0 atom stereocenters. The fourth-order valence-electron chi connectivity index (χ4n) is 3.12. The maximum atomic E-state index is 12.6. The van der Waals surface area contributed by atoms with Crippen LogP contribution in [0.1, 0.15) is 21.5 Å². The molecule has 3 aromatic carbocycles. The van der Waals surface area contributed by atoms with Gasteiger partial charge in [0.2, 0.25) is 5.75 Å². The van der Waals surface area contributed by atoms with E-state index in [-0.39, 0.29) is 12.2 Å². The minimum atomic E-state index is -0.598. The maximum absolute atomic E-state index is 12.6. The van der Waals surface area contributed by atoms with Crippen LogP contribution in [-0.4, -0.2) is 46.0 Å². The van der Waals surface area contributed by atoms with Crippen LogP contribution in [0.2, 0.25) is 5.02 Å². The lowest BCUT2D eigenvalue weighted by molar-refractivity contribution is -0.123. The summed E-state index contributed by atoms with van der Waals surface area (Å²) in [6.07, 6.45) is 1.45. The number of esters is 1. The highest BCUT2D eigenvalue weighted by molar-refractivity contribution is 6.30. The molecule has 1 amide bonds. The van der Waals surface area contributed by atoms with Crippen LogP contribution in [0.5, 0.6) is 28.7 Å². The highest BCUT2D eigenvalue weighted by atomic mass is 35.5. The average molecular weight is 513 g/mol. The normalized spacial score (nSPS) is 10.6. The lowest BCUT2D eigenvalue weighted by Crippen LogP contribution is -2.24. The second-order valence-electron chi connectivity index (χ2n) is 7.36. The van der Waals surface area contributed by atoms with Crippen molar-refractivity contribution in [2.75, 3.05) is 27.9 Å². The van der Waals surface area contributed by atoms with E-state index in [1.54, 1.807) is 42.5 Å². The van der Waals surface area contributed by atoms with Crippen molar-refractivity contribution < 1.29 is 33.3 Å². The van der Waals surface area contributed by atoms with Crippen molar-refractivity contribution in [3.8, 4) is 28.7 Å². The lowest BCUT2D eigenvalue weighted by Gasteiger charge is -2.13. The Morgan fingerprint density at radius 1 is 0.917 bits per heavy atom. The predicted octanol–water partition coefficient (Wildman–Crippen LogP) is 4.42. The van der Waals surface area contributed by atoms with Crippen LogP contribution in [0.15, 0.2) is 59.7 Å². The molecular weight excluding hydrogens is 488 g/mol. The van der Waals surface area contributed by atoms with Crippen molar-refractivity contribution in [2.45, 2.75) is 6.92 Å². The van der Waals surface area contributed by atoms with Gasteiger partial charge in [0.1, 0.15) is 11.5 Å². The molecule has 0 heterocycles. The zero-order chi connectivity index (χ0) is 26.1. The van der Waals surface area contributed by atoms with Gasteiger partial charge in [0, 0.05) is 5.02 Å². The number of hydrogen-bond acceptors (Lipinski definition) is 8. The SMILES string of the molecule is COc1cc(C(=O)Oc2ccc(/C=N/NC(=O)COc3ccc(Cl)cc3C)cc2)cc(OC)c1OC. The molecule has 0 aromatic heterocycles. The molecule has 0 radical (unpaired) electrons. The summed E-state index contributed by atoms with van der Waals surface area (Å²) >= 11 is 5.91. The first-order chi connectivity index (χ1) is 17.3. The Labute approximate surface area is 213 Å². The summed E-state index contributed by atoms with van der Waals surface area (Å²) in [4.78, 5) is 24.6. The van der Waals surface area contributed by atoms with Gasteiger partial charge in [-0.05, 0) is 72.6 Å². The largest absolute Gasteiger partial charge is 0.493 e. The smallest absolute Gasteiger partial charge is 0.343 e. The van der Waals surface area contributed by atoms with E-state index in [1.807, 2.05) is 6.92 Å². The second kappa shape index (κ2) is 12.5. The Morgan fingerprint density at radius 2 is 1.58 bits per heavy atom. The Balaban J connectivity index is 1.54. The molecule has 9 nitrogen and oxygen atoms in total. The number of aryl methyl sites for hydroxylation is 1. The van der Waals surface area contributed by atoms with Gasteiger partial charge in [-0.1, -0.05) is 11.6 Å². The number of hydrazone groups is 1. The number of carbonyl (C=O) groups is 2. The molecule has 0 spiro atoms. The number of amides is 1.